The van der Waals surface area contributed by atoms with E-state index in [0.717, 1.165) is 19.3 Å². The third-order valence-corrected chi connectivity index (χ3v) is 3.40. The van der Waals surface area contributed by atoms with Crippen LogP contribution in [0.2, 0.25) is 0 Å². The zero-order valence-electron chi connectivity index (χ0n) is 11.8. The van der Waals surface area contributed by atoms with E-state index in [9.17, 15) is 4.79 Å². The number of hydrogen-bond acceptors (Lipinski definition) is 2. The Morgan fingerprint density at radius 2 is 2.00 bits per heavy atom. The first kappa shape index (κ1) is 14.3. The summed E-state index contributed by atoms with van der Waals surface area (Å²) in [5, 5.41) is 0. The molecule has 0 heterocycles. The minimum atomic E-state index is 0.507. The molecular weight excluding hydrogens is 248 g/mol. The average molecular weight is 268 g/mol. The van der Waals surface area contributed by atoms with Crippen LogP contribution in [0, 0.1) is 5.92 Å². The number of hydrogen-bond donors (Lipinski definition) is 0. The second-order valence-corrected chi connectivity index (χ2v) is 5.17. The van der Waals surface area contributed by atoms with Gasteiger partial charge in [0.2, 0.25) is 0 Å². The summed E-state index contributed by atoms with van der Waals surface area (Å²) in [6.07, 6.45) is 10.7. The summed E-state index contributed by atoms with van der Waals surface area (Å²) in [4.78, 5) is 10.6. The lowest BCUT2D eigenvalue weighted by Crippen LogP contribution is -2.04. The second-order valence-electron chi connectivity index (χ2n) is 5.17. The van der Waals surface area contributed by atoms with Crippen molar-refractivity contribution in [3.8, 4) is 0 Å². The van der Waals surface area contributed by atoms with Gasteiger partial charge in [-0.2, -0.15) is 0 Å². The van der Waals surface area contributed by atoms with Gasteiger partial charge in [0.1, 0.15) is 5.76 Å². The van der Waals surface area contributed by atoms with Crippen molar-refractivity contribution in [2.24, 2.45) is 5.92 Å². The number of rotatable bonds is 6. The van der Waals surface area contributed by atoms with Crippen LogP contribution in [0.25, 0.3) is 0 Å². The van der Waals surface area contributed by atoms with Crippen LogP contribution in [0.1, 0.15) is 25.3 Å². The molecule has 104 valence electrons. The van der Waals surface area contributed by atoms with E-state index in [1.54, 1.807) is 0 Å². The summed E-state index contributed by atoms with van der Waals surface area (Å²) in [6.45, 7) is 2.74. The van der Waals surface area contributed by atoms with Gasteiger partial charge in [0.05, 0.1) is 0 Å². The molecule has 1 atom stereocenters. The van der Waals surface area contributed by atoms with Gasteiger partial charge < -0.3 is 4.74 Å². The Morgan fingerprint density at radius 3 is 2.75 bits per heavy atom. The highest BCUT2D eigenvalue weighted by Gasteiger charge is 2.12. The van der Waals surface area contributed by atoms with Gasteiger partial charge in [-0.1, -0.05) is 55.5 Å². The van der Waals surface area contributed by atoms with Crippen LogP contribution in [0.15, 0.2) is 66.0 Å². The van der Waals surface area contributed by atoms with E-state index >= 15 is 0 Å². The molecule has 0 amide bonds. The van der Waals surface area contributed by atoms with Gasteiger partial charge in [-0.25, -0.2) is 0 Å². The van der Waals surface area contributed by atoms with E-state index in [-0.39, 0.29) is 0 Å². The van der Waals surface area contributed by atoms with E-state index in [1.165, 1.54) is 11.1 Å². The van der Waals surface area contributed by atoms with Crippen molar-refractivity contribution in [2.75, 3.05) is 0 Å². The molecule has 2 nitrogen and oxygen atoms in total. The predicted octanol–water partition coefficient (Wildman–Crippen LogP) is 4.20. The van der Waals surface area contributed by atoms with Crippen molar-refractivity contribution in [3.05, 3.63) is 71.5 Å². The fourth-order valence-electron chi connectivity index (χ4n) is 2.52. The summed E-state index contributed by atoms with van der Waals surface area (Å²) in [6, 6.07) is 10.5. The largest absolute Gasteiger partial charge is 0.429 e. The Balaban J connectivity index is 2.04. The third-order valence-electron chi connectivity index (χ3n) is 3.40. The van der Waals surface area contributed by atoms with E-state index < -0.39 is 0 Å². The molecule has 2 rings (SSSR count). The first-order chi connectivity index (χ1) is 9.79. The fourth-order valence-corrected chi connectivity index (χ4v) is 2.52. The lowest BCUT2D eigenvalue weighted by atomic mass is 9.92. The smallest absolute Gasteiger partial charge is 0.298 e. The Morgan fingerprint density at radius 1 is 1.20 bits per heavy atom. The Bertz CT molecular complexity index is 524. The van der Waals surface area contributed by atoms with E-state index in [2.05, 4.69) is 37.3 Å². The molecular formula is C18H20O2. The first-order valence-corrected chi connectivity index (χ1v) is 6.99. The highest BCUT2D eigenvalue weighted by molar-refractivity contribution is 5.44. The van der Waals surface area contributed by atoms with Crippen LogP contribution >= 0.6 is 0 Å². The van der Waals surface area contributed by atoms with Crippen LogP contribution in [0.4, 0.5) is 0 Å². The van der Waals surface area contributed by atoms with E-state index in [0.29, 0.717) is 18.1 Å². The molecule has 0 saturated carbocycles. The molecule has 1 aromatic carbocycles. The number of allylic oxidation sites excluding steroid dienone is 5. The molecule has 0 radical (unpaired) electrons. The maximum atomic E-state index is 10.6. The lowest BCUT2D eigenvalue weighted by Gasteiger charge is -2.15. The maximum absolute atomic E-state index is 10.6. The minimum Gasteiger partial charge on any atom is -0.429 e. The van der Waals surface area contributed by atoms with Gasteiger partial charge in [-0.3, -0.25) is 4.79 Å². The lowest BCUT2D eigenvalue weighted by molar-refractivity contribution is -0.124. The number of benzene rings is 1. The molecule has 1 unspecified atom stereocenters. The SMILES string of the molecule is CC(CC1=C(OC=O)C=CC=CC1)Cc1ccccc1. The highest BCUT2D eigenvalue weighted by atomic mass is 16.5. The minimum absolute atomic E-state index is 0.507. The molecule has 0 fully saturated rings. The molecule has 0 spiro atoms. The molecule has 20 heavy (non-hydrogen) atoms. The Hall–Kier alpha value is -2.09. The standard InChI is InChI=1S/C18H20O2/c1-15(12-16-8-4-2-5-9-16)13-17-10-6-3-7-11-18(17)20-14-19/h2-9,11,14-15H,10,12-13H2,1H3. The normalized spacial score (nSPS) is 15.8. The first-order valence-electron chi connectivity index (χ1n) is 6.99. The Kier molecular flexibility index (Phi) is 5.36. The number of carbonyl (C=O) groups excluding carboxylic acids is 1. The van der Waals surface area contributed by atoms with Gasteiger partial charge in [-0.15, -0.1) is 0 Å². The van der Waals surface area contributed by atoms with Crippen molar-refractivity contribution >= 4 is 6.47 Å². The molecule has 0 bridgehead atoms. The molecule has 2 heteroatoms. The van der Waals surface area contributed by atoms with Crippen molar-refractivity contribution in [1.82, 2.24) is 0 Å². The monoisotopic (exact) mass is 268 g/mol. The third kappa shape index (κ3) is 4.23. The summed E-state index contributed by atoms with van der Waals surface area (Å²) in [5.41, 5.74) is 2.53. The topological polar surface area (TPSA) is 26.3 Å². The average Bonchev–Trinajstić information content (AvgIpc) is 2.66. The van der Waals surface area contributed by atoms with Crippen molar-refractivity contribution < 1.29 is 9.53 Å². The number of ether oxygens (including phenoxy) is 1. The zero-order chi connectivity index (χ0) is 14.2. The van der Waals surface area contributed by atoms with Gasteiger partial charge in [0.25, 0.3) is 6.47 Å². The second kappa shape index (κ2) is 7.49. The van der Waals surface area contributed by atoms with Crippen LogP contribution < -0.4 is 0 Å². The van der Waals surface area contributed by atoms with Gasteiger partial charge in [0, 0.05) is 0 Å². The summed E-state index contributed by atoms with van der Waals surface area (Å²) in [5.74, 6) is 1.21. The highest BCUT2D eigenvalue weighted by Crippen LogP contribution is 2.24. The van der Waals surface area contributed by atoms with Crippen LogP contribution in [0.5, 0.6) is 0 Å². The molecule has 1 aliphatic rings. The Labute approximate surface area is 120 Å². The summed E-state index contributed by atoms with van der Waals surface area (Å²) in [7, 11) is 0. The van der Waals surface area contributed by atoms with Crippen LogP contribution in [-0.2, 0) is 16.0 Å². The molecule has 0 aromatic heterocycles. The van der Waals surface area contributed by atoms with Crippen LogP contribution in [0.3, 0.4) is 0 Å². The zero-order valence-corrected chi connectivity index (χ0v) is 11.8. The fraction of sp³-hybridized carbons (Fsp3) is 0.278. The van der Waals surface area contributed by atoms with Crippen LogP contribution in [-0.4, -0.2) is 6.47 Å². The predicted molar refractivity (Wildman–Crippen MR) is 81.0 cm³/mol. The van der Waals surface area contributed by atoms with Gasteiger partial charge >= 0.3 is 0 Å². The quantitative estimate of drug-likeness (QED) is 0.723. The summed E-state index contributed by atoms with van der Waals surface area (Å²) < 4.78 is 5.10. The van der Waals surface area contributed by atoms with E-state index in [4.69, 9.17) is 4.74 Å². The van der Waals surface area contributed by atoms with E-state index in [1.807, 2.05) is 24.3 Å². The van der Waals surface area contributed by atoms with Crippen molar-refractivity contribution in [1.29, 1.82) is 0 Å². The van der Waals surface area contributed by atoms with Gasteiger partial charge in [0.15, 0.2) is 0 Å². The van der Waals surface area contributed by atoms with Crippen molar-refractivity contribution in [3.63, 3.8) is 0 Å². The molecule has 0 saturated heterocycles. The van der Waals surface area contributed by atoms with Gasteiger partial charge in [-0.05, 0) is 42.4 Å². The molecule has 0 aliphatic heterocycles. The molecule has 1 aromatic rings. The van der Waals surface area contributed by atoms with Crippen molar-refractivity contribution in [2.45, 2.75) is 26.2 Å². The maximum Gasteiger partial charge on any atom is 0.298 e. The number of carbonyl (C=O) groups is 1. The molecule has 0 N–H and O–H groups in total. The molecule has 1 aliphatic carbocycles. The summed E-state index contributed by atoms with van der Waals surface area (Å²) >= 11 is 0.